The molecule has 0 aromatic heterocycles. The Balaban J connectivity index is 4.00. The van der Waals surface area contributed by atoms with Crippen molar-refractivity contribution in [2.75, 3.05) is 26.2 Å². The lowest BCUT2D eigenvalue weighted by Gasteiger charge is -2.19. The van der Waals surface area contributed by atoms with Crippen LogP contribution in [0.3, 0.4) is 0 Å². The van der Waals surface area contributed by atoms with Crippen molar-refractivity contribution in [3.63, 3.8) is 0 Å². The second-order valence-corrected chi connectivity index (χ2v) is 3.10. The van der Waals surface area contributed by atoms with E-state index in [1.807, 2.05) is 0 Å². The van der Waals surface area contributed by atoms with E-state index >= 15 is 0 Å². The first-order valence-corrected chi connectivity index (χ1v) is 4.97. The number of carboxylic acids is 1. The van der Waals surface area contributed by atoms with Crippen molar-refractivity contribution in [3.8, 4) is 0 Å². The van der Waals surface area contributed by atoms with E-state index in [9.17, 15) is 14.4 Å². The zero-order valence-electron chi connectivity index (χ0n) is 9.23. The maximum atomic E-state index is 11.5. The molecular formula is C9H17N3O4. The van der Waals surface area contributed by atoms with Crippen molar-refractivity contribution in [2.45, 2.75) is 13.3 Å². The Morgan fingerprint density at radius 1 is 1.38 bits per heavy atom. The summed E-state index contributed by atoms with van der Waals surface area (Å²) in [5.74, 6) is -1.69. The number of nitrogens with zero attached hydrogens (tertiary/aromatic N) is 1. The average Bonchev–Trinajstić information content (AvgIpc) is 2.26. The minimum Gasteiger partial charge on any atom is -0.481 e. The molecule has 0 saturated heterocycles. The number of carbonyl (C=O) groups is 3. The second-order valence-electron chi connectivity index (χ2n) is 3.10. The highest BCUT2D eigenvalue weighted by molar-refractivity contribution is 5.85. The number of nitrogens with two attached hydrogens (primary N) is 1. The van der Waals surface area contributed by atoms with Crippen LogP contribution >= 0.6 is 0 Å². The molecule has 0 spiro atoms. The molecule has 2 amide bonds. The van der Waals surface area contributed by atoms with Crippen molar-refractivity contribution < 1.29 is 19.5 Å². The van der Waals surface area contributed by atoms with E-state index in [-0.39, 0.29) is 32.0 Å². The summed E-state index contributed by atoms with van der Waals surface area (Å²) in [6.07, 6.45) is -0.107. The van der Waals surface area contributed by atoms with Gasteiger partial charge in [0.05, 0.1) is 19.5 Å². The smallest absolute Gasteiger partial charge is 0.305 e. The zero-order valence-corrected chi connectivity index (χ0v) is 9.23. The summed E-state index contributed by atoms with van der Waals surface area (Å²) in [5.41, 5.74) is 5.05. The van der Waals surface area contributed by atoms with Gasteiger partial charge < -0.3 is 21.1 Å². The van der Waals surface area contributed by atoms with Crippen LogP contribution in [0, 0.1) is 0 Å². The summed E-state index contributed by atoms with van der Waals surface area (Å²) in [4.78, 5) is 34.0. The van der Waals surface area contributed by atoms with E-state index in [0.29, 0.717) is 6.54 Å². The third-order valence-electron chi connectivity index (χ3n) is 1.95. The Morgan fingerprint density at radius 3 is 2.44 bits per heavy atom. The number of hydrogen-bond donors (Lipinski definition) is 3. The van der Waals surface area contributed by atoms with E-state index in [0.717, 1.165) is 0 Å². The number of carboxylic acid groups (broad SMARTS) is 1. The van der Waals surface area contributed by atoms with E-state index in [1.54, 1.807) is 6.92 Å². The normalized spacial score (nSPS) is 9.62. The van der Waals surface area contributed by atoms with Gasteiger partial charge in [-0.25, -0.2) is 0 Å². The van der Waals surface area contributed by atoms with E-state index in [2.05, 4.69) is 5.32 Å². The molecule has 7 heteroatoms. The van der Waals surface area contributed by atoms with Crippen LogP contribution in [0.4, 0.5) is 0 Å². The van der Waals surface area contributed by atoms with Crippen LogP contribution in [0.2, 0.25) is 0 Å². The van der Waals surface area contributed by atoms with Crippen LogP contribution in [0.1, 0.15) is 13.3 Å². The highest BCUT2D eigenvalue weighted by Gasteiger charge is 2.13. The Morgan fingerprint density at radius 2 is 2.00 bits per heavy atom. The highest BCUT2D eigenvalue weighted by Crippen LogP contribution is 1.92. The number of likely N-dealkylation sites (N-methyl/N-ethyl adjacent to an activating group) is 1. The van der Waals surface area contributed by atoms with Crippen LogP contribution in [0.15, 0.2) is 0 Å². The summed E-state index contributed by atoms with van der Waals surface area (Å²) in [5, 5.41) is 10.8. The lowest BCUT2D eigenvalue weighted by Crippen LogP contribution is -2.42. The molecule has 0 radical (unpaired) electrons. The van der Waals surface area contributed by atoms with E-state index < -0.39 is 11.9 Å². The minimum absolute atomic E-state index is 0.107. The molecule has 0 aliphatic rings. The Bertz CT molecular complexity index is 267. The number of aliphatic carboxylic acids is 1. The Kier molecular flexibility index (Phi) is 6.86. The standard InChI is InChI=1S/C9H17N3O4/c1-2-12(4-3-9(15)16)8(14)6-11-7(13)5-10/h2-6,10H2,1H3,(H,11,13)(H,15,16). The SMILES string of the molecule is CCN(CCC(=O)O)C(=O)CNC(=O)CN. The Hall–Kier alpha value is -1.63. The van der Waals surface area contributed by atoms with Gasteiger partial charge in [-0.3, -0.25) is 14.4 Å². The minimum atomic E-state index is -0.961. The second kappa shape index (κ2) is 7.63. The third-order valence-corrected chi connectivity index (χ3v) is 1.95. The first kappa shape index (κ1) is 14.4. The molecule has 0 aromatic rings. The third kappa shape index (κ3) is 5.97. The van der Waals surface area contributed by atoms with Crippen LogP contribution in [-0.2, 0) is 14.4 Å². The molecule has 0 aliphatic heterocycles. The monoisotopic (exact) mass is 231 g/mol. The molecule has 0 atom stereocenters. The number of amides is 2. The van der Waals surface area contributed by atoms with Gasteiger partial charge in [-0.15, -0.1) is 0 Å². The predicted octanol–water partition coefficient (Wildman–Crippen LogP) is -1.62. The molecule has 4 N–H and O–H groups in total. The maximum Gasteiger partial charge on any atom is 0.305 e. The van der Waals surface area contributed by atoms with Gasteiger partial charge in [0, 0.05) is 13.1 Å². The fourth-order valence-electron chi connectivity index (χ4n) is 1.05. The molecule has 0 heterocycles. The molecule has 16 heavy (non-hydrogen) atoms. The van der Waals surface area contributed by atoms with E-state index in [4.69, 9.17) is 10.8 Å². The van der Waals surface area contributed by atoms with Crippen LogP contribution in [-0.4, -0.2) is 54.0 Å². The molecule has 0 saturated carbocycles. The molecule has 0 fully saturated rings. The van der Waals surface area contributed by atoms with Crippen molar-refractivity contribution in [3.05, 3.63) is 0 Å². The van der Waals surface area contributed by atoms with Gasteiger partial charge in [0.15, 0.2) is 0 Å². The maximum absolute atomic E-state index is 11.5. The summed E-state index contributed by atoms with van der Waals surface area (Å²) < 4.78 is 0. The lowest BCUT2D eigenvalue weighted by atomic mass is 10.3. The summed E-state index contributed by atoms with van der Waals surface area (Å²) in [6, 6.07) is 0. The Labute approximate surface area is 93.6 Å². The van der Waals surface area contributed by atoms with Gasteiger partial charge in [-0.2, -0.15) is 0 Å². The van der Waals surface area contributed by atoms with E-state index in [1.165, 1.54) is 4.90 Å². The van der Waals surface area contributed by atoms with Gasteiger partial charge >= 0.3 is 5.97 Å². The highest BCUT2D eigenvalue weighted by atomic mass is 16.4. The fourth-order valence-corrected chi connectivity index (χ4v) is 1.05. The van der Waals surface area contributed by atoms with Crippen LogP contribution in [0.25, 0.3) is 0 Å². The first-order valence-electron chi connectivity index (χ1n) is 4.97. The van der Waals surface area contributed by atoms with Gasteiger partial charge in [-0.05, 0) is 6.92 Å². The topological polar surface area (TPSA) is 113 Å². The zero-order chi connectivity index (χ0) is 12.6. The fraction of sp³-hybridized carbons (Fsp3) is 0.667. The average molecular weight is 231 g/mol. The number of carbonyl (C=O) groups excluding carboxylic acids is 2. The summed E-state index contributed by atoms with van der Waals surface area (Å²) >= 11 is 0. The van der Waals surface area contributed by atoms with Crippen molar-refractivity contribution >= 4 is 17.8 Å². The van der Waals surface area contributed by atoms with Gasteiger partial charge in [0.25, 0.3) is 0 Å². The molecule has 0 unspecified atom stereocenters. The molecule has 0 bridgehead atoms. The first-order chi connectivity index (χ1) is 7.51. The number of rotatable bonds is 7. The van der Waals surface area contributed by atoms with Gasteiger partial charge in [0.2, 0.25) is 11.8 Å². The van der Waals surface area contributed by atoms with Crippen molar-refractivity contribution in [1.29, 1.82) is 0 Å². The van der Waals surface area contributed by atoms with Crippen LogP contribution < -0.4 is 11.1 Å². The molecule has 7 nitrogen and oxygen atoms in total. The number of hydrogen-bond acceptors (Lipinski definition) is 4. The molecule has 0 rings (SSSR count). The van der Waals surface area contributed by atoms with Gasteiger partial charge in [-0.1, -0.05) is 0 Å². The summed E-state index contributed by atoms with van der Waals surface area (Å²) in [6.45, 7) is 1.97. The predicted molar refractivity (Wildman–Crippen MR) is 56.6 cm³/mol. The molecule has 0 aromatic carbocycles. The summed E-state index contributed by atoms with van der Waals surface area (Å²) in [7, 11) is 0. The molecular weight excluding hydrogens is 214 g/mol. The van der Waals surface area contributed by atoms with Crippen LogP contribution in [0.5, 0.6) is 0 Å². The largest absolute Gasteiger partial charge is 0.481 e. The van der Waals surface area contributed by atoms with Crippen molar-refractivity contribution in [1.82, 2.24) is 10.2 Å². The molecule has 92 valence electrons. The quantitative estimate of drug-likeness (QED) is 0.487. The van der Waals surface area contributed by atoms with Gasteiger partial charge in [0.1, 0.15) is 0 Å². The molecule has 0 aliphatic carbocycles. The van der Waals surface area contributed by atoms with Crippen molar-refractivity contribution in [2.24, 2.45) is 5.73 Å². The lowest BCUT2D eigenvalue weighted by molar-refractivity contribution is -0.138. The number of nitrogens with one attached hydrogen (secondary N) is 1.